The summed E-state index contributed by atoms with van der Waals surface area (Å²) in [4.78, 5) is 24.7. The summed E-state index contributed by atoms with van der Waals surface area (Å²) in [6.45, 7) is 2.61. The highest BCUT2D eigenvalue weighted by molar-refractivity contribution is 5.86. The summed E-state index contributed by atoms with van der Waals surface area (Å²) in [5.74, 6) is -1.50. The van der Waals surface area contributed by atoms with E-state index in [1.807, 2.05) is 6.92 Å². The van der Waals surface area contributed by atoms with Crippen molar-refractivity contribution in [3.05, 3.63) is 0 Å². The number of rotatable bonds is 3. The van der Waals surface area contributed by atoms with Crippen LogP contribution in [0.1, 0.15) is 26.2 Å². The van der Waals surface area contributed by atoms with E-state index < -0.39 is 18.1 Å². The zero-order valence-corrected chi connectivity index (χ0v) is 10.4. The molecule has 3 unspecified atom stereocenters. The van der Waals surface area contributed by atoms with Crippen molar-refractivity contribution < 1.29 is 24.5 Å². The van der Waals surface area contributed by atoms with Crippen LogP contribution in [0.4, 0.5) is 0 Å². The van der Waals surface area contributed by atoms with E-state index in [1.165, 1.54) is 4.90 Å². The molecule has 102 valence electrons. The summed E-state index contributed by atoms with van der Waals surface area (Å²) in [5, 5.41) is 18.6. The molecule has 0 radical (unpaired) electrons. The molecule has 18 heavy (non-hydrogen) atoms. The summed E-state index contributed by atoms with van der Waals surface area (Å²) in [6.07, 6.45) is 0.633. The second kappa shape index (κ2) is 5.24. The third kappa shape index (κ3) is 2.35. The van der Waals surface area contributed by atoms with Gasteiger partial charge in [-0.25, -0.2) is 4.79 Å². The lowest BCUT2D eigenvalue weighted by Crippen LogP contribution is -2.45. The monoisotopic (exact) mass is 257 g/mol. The topological polar surface area (TPSA) is 87.1 Å². The highest BCUT2D eigenvalue weighted by Crippen LogP contribution is 2.29. The van der Waals surface area contributed by atoms with Gasteiger partial charge in [0.1, 0.15) is 6.04 Å². The maximum atomic E-state index is 12.3. The minimum absolute atomic E-state index is 0.114. The van der Waals surface area contributed by atoms with Gasteiger partial charge < -0.3 is 19.8 Å². The molecule has 0 aromatic heterocycles. The lowest BCUT2D eigenvalue weighted by atomic mass is 9.97. The third-order valence-electron chi connectivity index (χ3n) is 3.78. The molecule has 1 amide bonds. The molecule has 0 saturated carbocycles. The van der Waals surface area contributed by atoms with E-state index >= 15 is 0 Å². The molecular weight excluding hydrogens is 238 g/mol. The van der Waals surface area contributed by atoms with Gasteiger partial charge in [0.15, 0.2) is 0 Å². The minimum Gasteiger partial charge on any atom is -0.480 e. The number of likely N-dealkylation sites (tertiary alicyclic amines) is 1. The first-order valence-corrected chi connectivity index (χ1v) is 6.37. The first-order valence-electron chi connectivity index (χ1n) is 6.37. The Labute approximate surface area is 106 Å². The van der Waals surface area contributed by atoms with E-state index in [0.29, 0.717) is 13.0 Å². The van der Waals surface area contributed by atoms with Gasteiger partial charge in [-0.15, -0.1) is 0 Å². The minimum atomic E-state index is -1.05. The number of hydrogen-bond donors (Lipinski definition) is 2. The van der Waals surface area contributed by atoms with Crippen molar-refractivity contribution in [2.75, 3.05) is 13.2 Å². The SMILES string of the molecule is CCC1OCCC1C(=O)N1CC(O)C[C@H]1C(=O)O. The fourth-order valence-corrected chi connectivity index (χ4v) is 2.84. The average molecular weight is 257 g/mol. The van der Waals surface area contributed by atoms with Crippen LogP contribution < -0.4 is 0 Å². The highest BCUT2D eigenvalue weighted by Gasteiger charge is 2.44. The fraction of sp³-hybridized carbons (Fsp3) is 0.833. The Morgan fingerprint density at radius 2 is 2.17 bits per heavy atom. The third-order valence-corrected chi connectivity index (χ3v) is 3.78. The first-order chi connectivity index (χ1) is 8.54. The van der Waals surface area contributed by atoms with Gasteiger partial charge in [0.2, 0.25) is 5.91 Å². The molecule has 6 heteroatoms. The molecule has 0 aromatic carbocycles. The van der Waals surface area contributed by atoms with Crippen LogP contribution >= 0.6 is 0 Å². The lowest BCUT2D eigenvalue weighted by Gasteiger charge is -2.26. The van der Waals surface area contributed by atoms with Crippen molar-refractivity contribution in [2.45, 2.75) is 44.4 Å². The van der Waals surface area contributed by atoms with Crippen LogP contribution in [-0.2, 0) is 14.3 Å². The van der Waals surface area contributed by atoms with Crippen LogP contribution in [0.3, 0.4) is 0 Å². The number of amides is 1. The van der Waals surface area contributed by atoms with Gasteiger partial charge in [-0.3, -0.25) is 4.79 Å². The number of carboxylic acids is 1. The average Bonchev–Trinajstić information content (AvgIpc) is 2.93. The Kier molecular flexibility index (Phi) is 3.87. The predicted molar refractivity (Wildman–Crippen MR) is 61.9 cm³/mol. The lowest BCUT2D eigenvalue weighted by molar-refractivity contribution is -0.150. The van der Waals surface area contributed by atoms with E-state index in [4.69, 9.17) is 9.84 Å². The van der Waals surface area contributed by atoms with Crippen LogP contribution in [0.25, 0.3) is 0 Å². The second-order valence-corrected chi connectivity index (χ2v) is 4.95. The molecule has 2 heterocycles. The summed E-state index contributed by atoms with van der Waals surface area (Å²) in [7, 11) is 0. The number of carbonyl (C=O) groups excluding carboxylic acids is 1. The Morgan fingerprint density at radius 3 is 2.78 bits per heavy atom. The summed E-state index contributed by atoms with van der Waals surface area (Å²) < 4.78 is 5.46. The number of aliphatic hydroxyl groups excluding tert-OH is 1. The molecule has 2 fully saturated rings. The Balaban J connectivity index is 2.10. The molecule has 0 aliphatic carbocycles. The normalized spacial score (nSPS) is 36.0. The highest BCUT2D eigenvalue weighted by atomic mass is 16.5. The van der Waals surface area contributed by atoms with E-state index in [-0.39, 0.29) is 30.9 Å². The number of nitrogens with zero attached hydrogens (tertiary/aromatic N) is 1. The van der Waals surface area contributed by atoms with E-state index in [0.717, 1.165) is 6.42 Å². The number of carbonyl (C=O) groups is 2. The van der Waals surface area contributed by atoms with Crippen molar-refractivity contribution in [3.63, 3.8) is 0 Å². The molecule has 0 spiro atoms. The summed E-state index contributed by atoms with van der Waals surface area (Å²) in [5.41, 5.74) is 0. The Bertz CT molecular complexity index is 345. The van der Waals surface area contributed by atoms with Gasteiger partial charge in [0, 0.05) is 19.6 Å². The van der Waals surface area contributed by atoms with Crippen LogP contribution in [0.2, 0.25) is 0 Å². The van der Waals surface area contributed by atoms with Gasteiger partial charge in [-0.2, -0.15) is 0 Å². The smallest absolute Gasteiger partial charge is 0.326 e. The van der Waals surface area contributed by atoms with E-state index in [2.05, 4.69) is 0 Å². The van der Waals surface area contributed by atoms with Crippen molar-refractivity contribution in [2.24, 2.45) is 5.92 Å². The second-order valence-electron chi connectivity index (χ2n) is 4.95. The zero-order chi connectivity index (χ0) is 13.3. The predicted octanol–water partition coefficient (Wildman–Crippen LogP) is -0.152. The molecule has 2 aliphatic rings. The molecule has 4 atom stereocenters. The molecule has 0 aromatic rings. The number of aliphatic carboxylic acids is 1. The molecular formula is C12H19NO5. The Morgan fingerprint density at radius 1 is 1.44 bits per heavy atom. The summed E-state index contributed by atoms with van der Waals surface area (Å²) in [6, 6.07) is -0.898. The van der Waals surface area contributed by atoms with Crippen LogP contribution in [0, 0.1) is 5.92 Å². The van der Waals surface area contributed by atoms with Crippen LogP contribution in [0.5, 0.6) is 0 Å². The quantitative estimate of drug-likeness (QED) is 0.734. The van der Waals surface area contributed by atoms with Gasteiger partial charge in [-0.1, -0.05) is 6.92 Å². The Hall–Kier alpha value is -1.14. The number of hydrogen-bond acceptors (Lipinski definition) is 4. The van der Waals surface area contributed by atoms with Crippen molar-refractivity contribution in [3.8, 4) is 0 Å². The van der Waals surface area contributed by atoms with Crippen LogP contribution in [-0.4, -0.2) is 58.4 Å². The number of β-amino-alcohol motifs (C(OH)–C–C–N with tert-alkyl or cyclic N) is 1. The van der Waals surface area contributed by atoms with Crippen molar-refractivity contribution in [1.29, 1.82) is 0 Å². The van der Waals surface area contributed by atoms with Crippen molar-refractivity contribution in [1.82, 2.24) is 4.90 Å². The number of carboxylic acid groups (broad SMARTS) is 1. The van der Waals surface area contributed by atoms with E-state index in [1.54, 1.807) is 0 Å². The maximum absolute atomic E-state index is 12.3. The molecule has 2 rings (SSSR count). The molecule has 2 saturated heterocycles. The molecule has 6 nitrogen and oxygen atoms in total. The molecule has 2 N–H and O–H groups in total. The van der Waals surface area contributed by atoms with Crippen molar-refractivity contribution >= 4 is 11.9 Å². The molecule has 2 aliphatic heterocycles. The van der Waals surface area contributed by atoms with Gasteiger partial charge in [0.05, 0.1) is 18.1 Å². The van der Waals surface area contributed by atoms with Gasteiger partial charge >= 0.3 is 5.97 Å². The summed E-state index contributed by atoms with van der Waals surface area (Å²) >= 11 is 0. The van der Waals surface area contributed by atoms with Gasteiger partial charge in [-0.05, 0) is 12.8 Å². The van der Waals surface area contributed by atoms with Gasteiger partial charge in [0.25, 0.3) is 0 Å². The standard InChI is InChI=1S/C12H19NO5/c1-2-10-8(3-4-18-10)11(15)13-6-7(14)5-9(13)12(16)17/h7-10,14H,2-6H2,1H3,(H,16,17)/t7?,8?,9-,10?/m0/s1. The number of aliphatic hydroxyl groups is 1. The van der Waals surface area contributed by atoms with Crippen LogP contribution in [0.15, 0.2) is 0 Å². The first kappa shape index (κ1) is 13.3. The maximum Gasteiger partial charge on any atom is 0.326 e. The molecule has 0 bridgehead atoms. The number of ether oxygens (including phenoxy) is 1. The zero-order valence-electron chi connectivity index (χ0n) is 10.4. The van der Waals surface area contributed by atoms with E-state index in [9.17, 15) is 14.7 Å². The fourth-order valence-electron chi connectivity index (χ4n) is 2.84. The largest absolute Gasteiger partial charge is 0.480 e.